The second-order valence-electron chi connectivity index (χ2n) is 5.27. The van der Waals surface area contributed by atoms with E-state index in [0.717, 1.165) is 24.8 Å². The highest BCUT2D eigenvalue weighted by Gasteiger charge is 2.42. The zero-order chi connectivity index (χ0) is 14.2. The van der Waals surface area contributed by atoms with Gasteiger partial charge in [-0.2, -0.15) is 0 Å². The molecule has 5 heteroatoms. The van der Waals surface area contributed by atoms with E-state index < -0.39 is 5.54 Å². The molecule has 2 rings (SSSR count). The molecule has 1 fully saturated rings. The SMILES string of the molecule is CC(c1ccc(Cl)cc1Cl)N(C)C(=O)C1(N)CCC1. The molecule has 1 aliphatic carbocycles. The van der Waals surface area contributed by atoms with Crippen LogP contribution in [0.1, 0.15) is 37.8 Å². The Balaban J connectivity index is 2.18. The van der Waals surface area contributed by atoms with Gasteiger partial charge in [0.15, 0.2) is 0 Å². The van der Waals surface area contributed by atoms with Gasteiger partial charge in [0.1, 0.15) is 0 Å². The topological polar surface area (TPSA) is 46.3 Å². The molecule has 2 N–H and O–H groups in total. The average molecular weight is 301 g/mol. The van der Waals surface area contributed by atoms with Crippen molar-refractivity contribution in [1.29, 1.82) is 0 Å². The van der Waals surface area contributed by atoms with E-state index in [-0.39, 0.29) is 11.9 Å². The van der Waals surface area contributed by atoms with Crippen LogP contribution in [0.15, 0.2) is 18.2 Å². The van der Waals surface area contributed by atoms with Crippen molar-refractivity contribution < 1.29 is 4.79 Å². The van der Waals surface area contributed by atoms with E-state index in [0.29, 0.717) is 10.0 Å². The summed E-state index contributed by atoms with van der Waals surface area (Å²) in [6, 6.07) is 5.19. The number of hydrogen-bond acceptors (Lipinski definition) is 2. The number of halogens is 2. The Hall–Kier alpha value is -0.770. The van der Waals surface area contributed by atoms with Gasteiger partial charge in [-0.05, 0) is 43.9 Å². The number of carbonyl (C=O) groups excluding carboxylic acids is 1. The number of nitrogens with zero attached hydrogens (tertiary/aromatic N) is 1. The van der Waals surface area contributed by atoms with Gasteiger partial charge in [0.25, 0.3) is 0 Å². The quantitative estimate of drug-likeness (QED) is 0.930. The third-order valence-electron chi connectivity index (χ3n) is 3.99. The predicted octanol–water partition coefficient (Wildman–Crippen LogP) is 3.39. The molecule has 1 atom stereocenters. The number of benzene rings is 1. The fraction of sp³-hybridized carbons (Fsp3) is 0.500. The van der Waals surface area contributed by atoms with Gasteiger partial charge in [0.05, 0.1) is 11.6 Å². The first-order chi connectivity index (χ1) is 8.85. The lowest BCUT2D eigenvalue weighted by molar-refractivity contribution is -0.140. The Labute approximate surface area is 123 Å². The minimum Gasteiger partial charge on any atom is -0.337 e. The molecule has 1 unspecified atom stereocenters. The summed E-state index contributed by atoms with van der Waals surface area (Å²) in [4.78, 5) is 14.0. The first-order valence-corrected chi connectivity index (χ1v) is 7.12. The van der Waals surface area contributed by atoms with Gasteiger partial charge < -0.3 is 10.6 Å². The third kappa shape index (κ3) is 2.73. The lowest BCUT2D eigenvalue weighted by atomic mass is 9.76. The maximum Gasteiger partial charge on any atom is 0.242 e. The Morgan fingerprint density at radius 1 is 1.42 bits per heavy atom. The fourth-order valence-electron chi connectivity index (χ4n) is 2.35. The summed E-state index contributed by atoms with van der Waals surface area (Å²) < 4.78 is 0. The Bertz CT molecular complexity index is 500. The Morgan fingerprint density at radius 3 is 2.53 bits per heavy atom. The minimum atomic E-state index is -0.679. The van der Waals surface area contributed by atoms with Crippen LogP contribution in [0.2, 0.25) is 10.0 Å². The number of carbonyl (C=O) groups is 1. The van der Waals surface area contributed by atoms with Crippen molar-refractivity contribution >= 4 is 29.1 Å². The second-order valence-corrected chi connectivity index (χ2v) is 6.11. The fourth-order valence-corrected chi connectivity index (χ4v) is 2.91. The van der Waals surface area contributed by atoms with Gasteiger partial charge in [0, 0.05) is 17.1 Å². The summed E-state index contributed by atoms with van der Waals surface area (Å²) in [7, 11) is 1.77. The van der Waals surface area contributed by atoms with Gasteiger partial charge in [-0.3, -0.25) is 4.79 Å². The molecule has 0 saturated heterocycles. The normalized spacial score (nSPS) is 18.6. The van der Waals surface area contributed by atoms with E-state index in [1.807, 2.05) is 13.0 Å². The van der Waals surface area contributed by atoms with Crippen LogP contribution in [-0.2, 0) is 4.79 Å². The van der Waals surface area contributed by atoms with Crippen LogP contribution >= 0.6 is 23.2 Å². The summed E-state index contributed by atoms with van der Waals surface area (Å²) in [5, 5.41) is 1.16. The summed E-state index contributed by atoms with van der Waals surface area (Å²) in [6.07, 6.45) is 2.54. The number of rotatable bonds is 3. The highest BCUT2D eigenvalue weighted by Crippen LogP contribution is 2.35. The summed E-state index contributed by atoms with van der Waals surface area (Å²) in [6.45, 7) is 1.94. The van der Waals surface area contributed by atoms with Crippen molar-refractivity contribution in [3.05, 3.63) is 33.8 Å². The number of likely N-dealkylation sites (N-methyl/N-ethyl adjacent to an activating group) is 1. The molecule has 0 bridgehead atoms. The number of amides is 1. The lowest BCUT2D eigenvalue weighted by Gasteiger charge is -2.41. The molecule has 104 valence electrons. The molecule has 1 aromatic carbocycles. The maximum atomic E-state index is 12.4. The molecular weight excluding hydrogens is 283 g/mol. The van der Waals surface area contributed by atoms with Gasteiger partial charge in [-0.1, -0.05) is 29.3 Å². The lowest BCUT2D eigenvalue weighted by Crippen LogP contribution is -2.59. The predicted molar refractivity (Wildman–Crippen MR) is 78.4 cm³/mol. The molecular formula is C14H18Cl2N2O. The van der Waals surface area contributed by atoms with Crippen molar-refractivity contribution in [2.75, 3.05) is 7.05 Å². The minimum absolute atomic E-state index is 0.0164. The smallest absolute Gasteiger partial charge is 0.242 e. The summed E-state index contributed by atoms with van der Waals surface area (Å²) >= 11 is 12.1. The zero-order valence-corrected chi connectivity index (χ0v) is 12.6. The van der Waals surface area contributed by atoms with Gasteiger partial charge >= 0.3 is 0 Å². The molecule has 0 aromatic heterocycles. The van der Waals surface area contributed by atoms with Gasteiger partial charge in [-0.25, -0.2) is 0 Å². The first kappa shape index (κ1) is 14.6. The summed E-state index contributed by atoms with van der Waals surface area (Å²) in [5.41, 5.74) is 6.28. The average Bonchev–Trinajstić information content (AvgIpc) is 2.33. The van der Waals surface area contributed by atoms with Crippen molar-refractivity contribution in [2.24, 2.45) is 5.73 Å². The van der Waals surface area contributed by atoms with Gasteiger partial charge in [0.2, 0.25) is 5.91 Å². The highest BCUT2D eigenvalue weighted by molar-refractivity contribution is 6.35. The van der Waals surface area contributed by atoms with E-state index >= 15 is 0 Å². The van der Waals surface area contributed by atoms with Crippen LogP contribution in [0.5, 0.6) is 0 Å². The number of nitrogens with two attached hydrogens (primary N) is 1. The van der Waals surface area contributed by atoms with Crippen LogP contribution in [0, 0.1) is 0 Å². The molecule has 1 saturated carbocycles. The molecule has 3 nitrogen and oxygen atoms in total. The molecule has 1 amide bonds. The third-order valence-corrected chi connectivity index (χ3v) is 4.55. The highest BCUT2D eigenvalue weighted by atomic mass is 35.5. The molecule has 0 aliphatic heterocycles. The van der Waals surface area contributed by atoms with Crippen molar-refractivity contribution in [3.8, 4) is 0 Å². The zero-order valence-electron chi connectivity index (χ0n) is 11.1. The standard InChI is InChI=1S/C14H18Cl2N2O/c1-9(11-5-4-10(15)8-12(11)16)18(2)13(19)14(17)6-3-7-14/h4-5,8-9H,3,6-7,17H2,1-2H3. The summed E-state index contributed by atoms with van der Waals surface area (Å²) in [5.74, 6) is -0.0164. The van der Waals surface area contributed by atoms with E-state index in [9.17, 15) is 4.79 Å². The van der Waals surface area contributed by atoms with Crippen LogP contribution < -0.4 is 5.73 Å². The molecule has 1 aliphatic rings. The second kappa shape index (κ2) is 5.31. The van der Waals surface area contributed by atoms with Crippen molar-refractivity contribution in [3.63, 3.8) is 0 Å². The maximum absolute atomic E-state index is 12.4. The molecule has 1 aromatic rings. The molecule has 0 heterocycles. The van der Waals surface area contributed by atoms with E-state index in [1.54, 1.807) is 24.1 Å². The van der Waals surface area contributed by atoms with Crippen LogP contribution in [0.4, 0.5) is 0 Å². The molecule has 0 radical (unpaired) electrons. The van der Waals surface area contributed by atoms with Crippen molar-refractivity contribution in [2.45, 2.75) is 37.8 Å². The number of hydrogen-bond donors (Lipinski definition) is 1. The monoisotopic (exact) mass is 300 g/mol. The van der Waals surface area contributed by atoms with Crippen LogP contribution in [0.3, 0.4) is 0 Å². The first-order valence-electron chi connectivity index (χ1n) is 6.36. The van der Waals surface area contributed by atoms with Crippen molar-refractivity contribution in [1.82, 2.24) is 4.90 Å². The van der Waals surface area contributed by atoms with E-state index in [2.05, 4.69) is 0 Å². The van der Waals surface area contributed by atoms with Crippen LogP contribution in [0.25, 0.3) is 0 Å². The van der Waals surface area contributed by atoms with Crippen LogP contribution in [-0.4, -0.2) is 23.4 Å². The Kier molecular flexibility index (Phi) is 4.09. The van der Waals surface area contributed by atoms with E-state index in [1.165, 1.54) is 0 Å². The molecule has 0 spiro atoms. The largest absolute Gasteiger partial charge is 0.337 e. The Morgan fingerprint density at radius 2 is 2.05 bits per heavy atom. The van der Waals surface area contributed by atoms with E-state index in [4.69, 9.17) is 28.9 Å². The van der Waals surface area contributed by atoms with Gasteiger partial charge in [-0.15, -0.1) is 0 Å². The molecule has 19 heavy (non-hydrogen) atoms.